The van der Waals surface area contributed by atoms with Gasteiger partial charge in [0, 0.05) is 30.2 Å². The molecule has 0 atom stereocenters. The van der Waals surface area contributed by atoms with Gasteiger partial charge >= 0.3 is 0 Å². The Hall–Kier alpha value is -1.28. The van der Waals surface area contributed by atoms with Gasteiger partial charge in [-0.15, -0.1) is 0 Å². The maximum absolute atomic E-state index is 3.56. The Morgan fingerprint density at radius 3 is 2.94 bits per heavy atom. The van der Waals surface area contributed by atoms with Crippen molar-refractivity contribution in [3.63, 3.8) is 0 Å². The van der Waals surface area contributed by atoms with Crippen molar-refractivity contribution in [1.29, 1.82) is 0 Å². The summed E-state index contributed by atoms with van der Waals surface area (Å²) >= 11 is 0. The van der Waals surface area contributed by atoms with Gasteiger partial charge in [0.2, 0.25) is 0 Å². The van der Waals surface area contributed by atoms with Gasteiger partial charge in [0.15, 0.2) is 0 Å². The van der Waals surface area contributed by atoms with Gasteiger partial charge in [-0.3, -0.25) is 0 Å². The molecule has 0 amide bonds. The van der Waals surface area contributed by atoms with Crippen LogP contribution in [0.4, 0.5) is 0 Å². The van der Waals surface area contributed by atoms with E-state index in [4.69, 9.17) is 0 Å². The average molecular weight is 214 g/mol. The number of nitrogens with one attached hydrogen (secondary N) is 2. The second-order valence-corrected chi connectivity index (χ2v) is 5.27. The molecular weight excluding hydrogens is 196 g/mol. The minimum absolute atomic E-state index is 0.589. The third-order valence-electron chi connectivity index (χ3n) is 3.65. The van der Waals surface area contributed by atoms with E-state index in [0.29, 0.717) is 5.41 Å². The van der Waals surface area contributed by atoms with Crippen LogP contribution < -0.4 is 5.32 Å². The maximum Gasteiger partial charge on any atom is 0.0457 e. The highest BCUT2D eigenvalue weighted by Gasteiger charge is 2.36. The van der Waals surface area contributed by atoms with E-state index in [1.807, 2.05) is 0 Å². The first-order valence-electron chi connectivity index (χ1n) is 6.03. The van der Waals surface area contributed by atoms with Gasteiger partial charge in [-0.1, -0.05) is 25.1 Å². The first kappa shape index (κ1) is 9.91. The zero-order valence-electron chi connectivity index (χ0n) is 9.72. The summed E-state index contributed by atoms with van der Waals surface area (Å²) in [6, 6.07) is 8.48. The van der Waals surface area contributed by atoms with Crippen LogP contribution in [0.3, 0.4) is 0 Å². The molecule has 1 heterocycles. The minimum atomic E-state index is 0.589. The van der Waals surface area contributed by atoms with Gasteiger partial charge in [-0.25, -0.2) is 0 Å². The van der Waals surface area contributed by atoms with Crippen LogP contribution in [0.5, 0.6) is 0 Å². The number of benzene rings is 1. The SMILES string of the molecule is CC1(CNCc2c[nH]c3ccccc23)CC1. The molecule has 1 saturated carbocycles. The number of rotatable bonds is 4. The number of fused-ring (bicyclic) bond motifs is 1. The summed E-state index contributed by atoms with van der Waals surface area (Å²) in [5, 5.41) is 4.91. The highest BCUT2D eigenvalue weighted by atomic mass is 14.9. The topological polar surface area (TPSA) is 27.8 Å². The summed E-state index contributed by atoms with van der Waals surface area (Å²) in [4.78, 5) is 3.31. The minimum Gasteiger partial charge on any atom is -0.361 e. The van der Waals surface area contributed by atoms with Crippen molar-refractivity contribution in [2.24, 2.45) is 5.41 Å². The van der Waals surface area contributed by atoms with Gasteiger partial charge < -0.3 is 10.3 Å². The molecule has 1 aromatic heterocycles. The van der Waals surface area contributed by atoms with E-state index in [9.17, 15) is 0 Å². The van der Waals surface area contributed by atoms with Crippen molar-refractivity contribution in [2.45, 2.75) is 26.3 Å². The zero-order valence-corrected chi connectivity index (χ0v) is 9.72. The van der Waals surface area contributed by atoms with Crippen LogP contribution in [-0.2, 0) is 6.54 Å². The molecule has 0 bridgehead atoms. The summed E-state index contributed by atoms with van der Waals surface area (Å²) in [5.74, 6) is 0. The van der Waals surface area contributed by atoms with Gasteiger partial charge in [0.05, 0.1) is 0 Å². The van der Waals surface area contributed by atoms with Crippen molar-refractivity contribution < 1.29 is 0 Å². The van der Waals surface area contributed by atoms with Crippen molar-refractivity contribution in [1.82, 2.24) is 10.3 Å². The molecule has 2 nitrogen and oxygen atoms in total. The monoisotopic (exact) mass is 214 g/mol. The molecule has 1 fully saturated rings. The van der Waals surface area contributed by atoms with E-state index in [1.54, 1.807) is 0 Å². The predicted octanol–water partition coefficient (Wildman–Crippen LogP) is 3.06. The largest absolute Gasteiger partial charge is 0.361 e. The van der Waals surface area contributed by atoms with Crippen LogP contribution in [-0.4, -0.2) is 11.5 Å². The van der Waals surface area contributed by atoms with Crippen LogP contribution >= 0.6 is 0 Å². The Labute approximate surface area is 96.1 Å². The lowest BCUT2D eigenvalue weighted by Gasteiger charge is -2.09. The molecule has 0 spiro atoms. The van der Waals surface area contributed by atoms with E-state index in [2.05, 4.69) is 47.7 Å². The molecular formula is C14H18N2. The van der Waals surface area contributed by atoms with Crippen molar-refractivity contribution in [3.05, 3.63) is 36.0 Å². The van der Waals surface area contributed by atoms with E-state index in [0.717, 1.165) is 13.1 Å². The molecule has 0 aliphatic heterocycles. The van der Waals surface area contributed by atoms with Crippen molar-refractivity contribution in [2.75, 3.05) is 6.54 Å². The molecule has 3 rings (SSSR count). The molecule has 2 N–H and O–H groups in total. The van der Waals surface area contributed by atoms with E-state index in [-0.39, 0.29) is 0 Å². The fraction of sp³-hybridized carbons (Fsp3) is 0.429. The standard InChI is InChI=1S/C14H18N2/c1-14(6-7-14)10-15-8-11-9-16-13-5-3-2-4-12(11)13/h2-5,9,15-16H,6-8,10H2,1H3. The lowest BCUT2D eigenvalue weighted by Crippen LogP contribution is -2.21. The second kappa shape index (κ2) is 3.63. The van der Waals surface area contributed by atoms with Crippen molar-refractivity contribution in [3.8, 4) is 0 Å². The first-order chi connectivity index (χ1) is 7.77. The normalized spacial score (nSPS) is 17.8. The molecule has 1 aliphatic rings. The summed E-state index contributed by atoms with van der Waals surface area (Å²) in [7, 11) is 0. The third-order valence-corrected chi connectivity index (χ3v) is 3.65. The Kier molecular flexibility index (Phi) is 2.25. The molecule has 1 aromatic carbocycles. The molecule has 84 valence electrons. The summed E-state index contributed by atoms with van der Waals surface area (Å²) in [6.45, 7) is 4.47. The Bertz CT molecular complexity index is 494. The molecule has 2 aromatic rings. The Morgan fingerprint density at radius 2 is 2.12 bits per heavy atom. The highest BCUT2D eigenvalue weighted by molar-refractivity contribution is 5.82. The first-order valence-corrected chi connectivity index (χ1v) is 6.03. The quantitative estimate of drug-likeness (QED) is 0.804. The molecule has 0 unspecified atom stereocenters. The van der Waals surface area contributed by atoms with Gasteiger partial charge in [0.1, 0.15) is 0 Å². The fourth-order valence-corrected chi connectivity index (χ4v) is 2.17. The number of H-pyrrole nitrogens is 1. The van der Waals surface area contributed by atoms with Crippen LogP contribution in [0.15, 0.2) is 30.5 Å². The number of hydrogen-bond acceptors (Lipinski definition) is 1. The van der Waals surface area contributed by atoms with E-state index >= 15 is 0 Å². The van der Waals surface area contributed by atoms with Crippen LogP contribution in [0.2, 0.25) is 0 Å². The van der Waals surface area contributed by atoms with Gasteiger partial charge in [-0.05, 0) is 29.9 Å². The Balaban J connectivity index is 1.69. The number of hydrogen-bond donors (Lipinski definition) is 2. The maximum atomic E-state index is 3.56. The second-order valence-electron chi connectivity index (χ2n) is 5.27. The van der Waals surface area contributed by atoms with Crippen LogP contribution in [0, 0.1) is 5.41 Å². The Morgan fingerprint density at radius 1 is 1.31 bits per heavy atom. The number of aromatic nitrogens is 1. The lowest BCUT2D eigenvalue weighted by atomic mass is 10.1. The molecule has 0 radical (unpaired) electrons. The summed E-state index contributed by atoms with van der Waals surface area (Å²) < 4.78 is 0. The molecule has 0 saturated heterocycles. The average Bonchev–Trinajstić information content (AvgIpc) is 2.89. The molecule has 2 heteroatoms. The van der Waals surface area contributed by atoms with E-state index in [1.165, 1.54) is 29.3 Å². The van der Waals surface area contributed by atoms with Crippen LogP contribution in [0.1, 0.15) is 25.3 Å². The molecule has 1 aliphatic carbocycles. The zero-order chi connectivity index (χ0) is 11.0. The van der Waals surface area contributed by atoms with E-state index < -0.39 is 0 Å². The number of para-hydroxylation sites is 1. The summed E-state index contributed by atoms with van der Waals surface area (Å²) in [5.41, 5.74) is 3.20. The summed E-state index contributed by atoms with van der Waals surface area (Å²) in [6.07, 6.45) is 4.88. The highest BCUT2D eigenvalue weighted by Crippen LogP contribution is 2.44. The number of aromatic amines is 1. The third kappa shape index (κ3) is 1.85. The molecule has 16 heavy (non-hydrogen) atoms. The van der Waals surface area contributed by atoms with Crippen molar-refractivity contribution >= 4 is 10.9 Å². The van der Waals surface area contributed by atoms with Crippen LogP contribution in [0.25, 0.3) is 10.9 Å². The van der Waals surface area contributed by atoms with Gasteiger partial charge in [-0.2, -0.15) is 0 Å². The smallest absolute Gasteiger partial charge is 0.0457 e. The predicted molar refractivity (Wildman–Crippen MR) is 67.3 cm³/mol. The lowest BCUT2D eigenvalue weighted by molar-refractivity contribution is 0.500. The fourth-order valence-electron chi connectivity index (χ4n) is 2.17. The van der Waals surface area contributed by atoms with Gasteiger partial charge in [0.25, 0.3) is 0 Å².